The number of allylic oxidation sites excluding steroid dienone is 1. The first kappa shape index (κ1) is 9.52. The topological polar surface area (TPSA) is 29.4 Å². The number of ketones is 1. The van der Waals surface area contributed by atoms with E-state index in [1.165, 1.54) is 0 Å². The van der Waals surface area contributed by atoms with Gasteiger partial charge >= 0.3 is 0 Å². The van der Waals surface area contributed by atoms with Crippen molar-refractivity contribution in [2.24, 2.45) is 4.99 Å². The van der Waals surface area contributed by atoms with Gasteiger partial charge in [-0.3, -0.25) is 9.79 Å². The van der Waals surface area contributed by atoms with E-state index in [1.54, 1.807) is 18.7 Å². The molecule has 0 radical (unpaired) electrons. The fourth-order valence-corrected chi connectivity index (χ4v) is 1.80. The van der Waals surface area contributed by atoms with Crippen molar-refractivity contribution in [2.45, 2.75) is 26.8 Å². The summed E-state index contributed by atoms with van der Waals surface area (Å²) >= 11 is 1.75. The van der Waals surface area contributed by atoms with Gasteiger partial charge in [0.2, 0.25) is 0 Å². The fraction of sp³-hybridized carbons (Fsp3) is 0.556. The van der Waals surface area contributed by atoms with Gasteiger partial charge in [-0.2, -0.15) is 0 Å². The monoisotopic (exact) mass is 183 g/mol. The molecule has 0 N–H and O–H groups in total. The molecule has 1 aliphatic heterocycles. The van der Waals surface area contributed by atoms with E-state index in [-0.39, 0.29) is 11.8 Å². The van der Waals surface area contributed by atoms with E-state index in [4.69, 9.17) is 0 Å². The van der Waals surface area contributed by atoms with Gasteiger partial charge in [-0.25, -0.2) is 0 Å². The van der Waals surface area contributed by atoms with Gasteiger partial charge in [0.1, 0.15) is 0 Å². The lowest BCUT2D eigenvalue weighted by Crippen LogP contribution is -2.02. The zero-order chi connectivity index (χ0) is 9.14. The van der Waals surface area contributed by atoms with Crippen molar-refractivity contribution in [1.82, 2.24) is 0 Å². The minimum atomic E-state index is 0.139. The summed E-state index contributed by atoms with van der Waals surface area (Å²) < 4.78 is 0. The van der Waals surface area contributed by atoms with Crippen LogP contribution in [0.1, 0.15) is 20.8 Å². The van der Waals surface area contributed by atoms with Crippen LogP contribution in [0.2, 0.25) is 0 Å². The van der Waals surface area contributed by atoms with Crippen LogP contribution in [0.3, 0.4) is 0 Å². The number of hydrogen-bond acceptors (Lipinski definition) is 3. The Labute approximate surface area is 77.1 Å². The number of aliphatic imine (C=N–C) groups is 1. The van der Waals surface area contributed by atoms with E-state index in [0.717, 1.165) is 16.4 Å². The molecular formula is C9H13NOS. The maximum atomic E-state index is 10.9. The molecule has 0 fully saturated rings. The van der Waals surface area contributed by atoms with Crippen LogP contribution in [-0.2, 0) is 4.79 Å². The van der Waals surface area contributed by atoms with E-state index < -0.39 is 0 Å². The summed E-state index contributed by atoms with van der Waals surface area (Å²) in [4.78, 5) is 15.3. The number of hydrogen-bond donors (Lipinski definition) is 0. The first-order valence-electron chi connectivity index (χ1n) is 3.96. The summed E-state index contributed by atoms with van der Waals surface area (Å²) in [5.41, 5.74) is 0.819. The highest BCUT2D eigenvalue weighted by molar-refractivity contribution is 8.14. The van der Waals surface area contributed by atoms with Gasteiger partial charge in [0, 0.05) is 5.75 Å². The number of Topliss-reactive ketones (excluding diaryl/α,β-unsaturated/α-hetero) is 1. The average molecular weight is 183 g/mol. The van der Waals surface area contributed by atoms with Crippen molar-refractivity contribution >= 4 is 22.6 Å². The molecule has 1 aliphatic rings. The van der Waals surface area contributed by atoms with Crippen molar-refractivity contribution in [3.05, 3.63) is 11.6 Å². The summed E-state index contributed by atoms with van der Waals surface area (Å²) in [5, 5.41) is 1.12. The highest BCUT2D eigenvalue weighted by Gasteiger charge is 2.13. The molecule has 1 rings (SSSR count). The van der Waals surface area contributed by atoms with Crippen molar-refractivity contribution in [2.75, 3.05) is 5.75 Å². The molecule has 1 atom stereocenters. The fourth-order valence-electron chi connectivity index (χ4n) is 1.01. The third-order valence-electron chi connectivity index (χ3n) is 1.81. The zero-order valence-corrected chi connectivity index (χ0v) is 8.44. The van der Waals surface area contributed by atoms with E-state index >= 15 is 0 Å². The first-order valence-corrected chi connectivity index (χ1v) is 4.94. The van der Waals surface area contributed by atoms with E-state index in [9.17, 15) is 4.79 Å². The molecule has 1 unspecified atom stereocenters. The quantitative estimate of drug-likeness (QED) is 0.613. The van der Waals surface area contributed by atoms with Gasteiger partial charge in [-0.05, 0) is 26.3 Å². The minimum Gasteiger partial charge on any atom is -0.295 e. The van der Waals surface area contributed by atoms with Crippen molar-refractivity contribution in [3.8, 4) is 0 Å². The Morgan fingerprint density at radius 1 is 1.67 bits per heavy atom. The number of thioether (sulfide) groups is 1. The molecule has 0 aromatic heterocycles. The smallest absolute Gasteiger partial charge is 0.155 e. The third kappa shape index (κ3) is 2.48. The van der Waals surface area contributed by atoms with Crippen LogP contribution in [-0.4, -0.2) is 22.6 Å². The second-order valence-corrected chi connectivity index (χ2v) is 4.15. The van der Waals surface area contributed by atoms with Gasteiger partial charge in [-0.15, -0.1) is 11.8 Å². The van der Waals surface area contributed by atoms with Gasteiger partial charge in [0.25, 0.3) is 0 Å². The molecule has 0 spiro atoms. The molecule has 0 aliphatic carbocycles. The maximum Gasteiger partial charge on any atom is 0.155 e. The molecular weight excluding hydrogens is 170 g/mol. The van der Waals surface area contributed by atoms with Gasteiger partial charge < -0.3 is 0 Å². The predicted octanol–water partition coefficient (Wildman–Crippen LogP) is 2.06. The Hall–Kier alpha value is -0.570. The molecule has 66 valence electrons. The number of nitrogens with zero attached hydrogens (tertiary/aromatic N) is 1. The standard InChI is InChI=1S/C9H13NOS/c1-6(7(2)11)4-9-5-12-8(3)10-9/h4,9H,5H2,1-3H3/b6-4+. The van der Waals surface area contributed by atoms with E-state index in [1.807, 2.05) is 19.9 Å². The lowest BCUT2D eigenvalue weighted by molar-refractivity contribution is -0.113. The summed E-state index contributed by atoms with van der Waals surface area (Å²) in [6, 6.07) is 0.221. The molecule has 0 saturated carbocycles. The summed E-state index contributed by atoms with van der Waals surface area (Å²) in [7, 11) is 0. The second-order valence-electron chi connectivity index (χ2n) is 2.93. The van der Waals surface area contributed by atoms with Crippen LogP contribution < -0.4 is 0 Å². The number of carbonyl (C=O) groups excluding carboxylic acids is 1. The lowest BCUT2D eigenvalue weighted by atomic mass is 10.1. The Morgan fingerprint density at radius 3 is 2.75 bits per heavy atom. The predicted molar refractivity (Wildman–Crippen MR) is 53.8 cm³/mol. The van der Waals surface area contributed by atoms with Crippen LogP contribution >= 0.6 is 11.8 Å². The van der Waals surface area contributed by atoms with E-state index in [0.29, 0.717) is 0 Å². The molecule has 0 saturated heterocycles. The Kier molecular flexibility index (Phi) is 3.09. The maximum absolute atomic E-state index is 10.9. The third-order valence-corrected chi connectivity index (χ3v) is 2.84. The largest absolute Gasteiger partial charge is 0.295 e. The summed E-state index contributed by atoms with van der Waals surface area (Å²) in [5.74, 6) is 1.12. The van der Waals surface area contributed by atoms with Crippen molar-refractivity contribution in [1.29, 1.82) is 0 Å². The van der Waals surface area contributed by atoms with Crippen LogP contribution in [0, 0.1) is 0 Å². The first-order chi connectivity index (χ1) is 5.59. The van der Waals surface area contributed by atoms with Crippen LogP contribution in [0.4, 0.5) is 0 Å². The molecule has 12 heavy (non-hydrogen) atoms. The van der Waals surface area contributed by atoms with Gasteiger partial charge in [0.15, 0.2) is 5.78 Å². The van der Waals surface area contributed by atoms with Crippen LogP contribution in [0.15, 0.2) is 16.6 Å². The van der Waals surface area contributed by atoms with Crippen molar-refractivity contribution in [3.63, 3.8) is 0 Å². The Bertz CT molecular complexity index is 255. The van der Waals surface area contributed by atoms with E-state index in [2.05, 4.69) is 4.99 Å². The molecule has 0 bridgehead atoms. The molecule has 3 heteroatoms. The minimum absolute atomic E-state index is 0.139. The molecule has 0 amide bonds. The second kappa shape index (κ2) is 3.90. The highest BCUT2D eigenvalue weighted by atomic mass is 32.2. The average Bonchev–Trinajstić information content (AvgIpc) is 2.35. The molecule has 1 heterocycles. The lowest BCUT2D eigenvalue weighted by Gasteiger charge is -1.99. The van der Waals surface area contributed by atoms with Gasteiger partial charge in [-0.1, -0.05) is 6.08 Å². The summed E-state index contributed by atoms with van der Waals surface area (Å²) in [6.07, 6.45) is 1.95. The van der Waals surface area contributed by atoms with Crippen LogP contribution in [0.25, 0.3) is 0 Å². The Balaban J connectivity index is 2.62. The number of rotatable bonds is 2. The zero-order valence-electron chi connectivity index (χ0n) is 7.63. The van der Waals surface area contributed by atoms with Crippen molar-refractivity contribution < 1.29 is 4.79 Å². The summed E-state index contributed by atoms with van der Waals surface area (Å²) in [6.45, 7) is 5.43. The number of carbonyl (C=O) groups is 1. The Morgan fingerprint density at radius 2 is 2.33 bits per heavy atom. The SMILES string of the molecule is CC(=O)/C(C)=C/C1CSC(C)=N1. The normalized spacial score (nSPS) is 24.1. The molecule has 0 aromatic carbocycles. The van der Waals surface area contributed by atoms with Crippen LogP contribution in [0.5, 0.6) is 0 Å². The molecule has 0 aromatic rings. The molecule has 2 nitrogen and oxygen atoms in total. The highest BCUT2D eigenvalue weighted by Crippen LogP contribution is 2.19. The van der Waals surface area contributed by atoms with Gasteiger partial charge in [0.05, 0.1) is 11.1 Å².